The van der Waals surface area contributed by atoms with E-state index in [4.69, 9.17) is 4.42 Å². The molecule has 20 heavy (non-hydrogen) atoms. The standard InChI is InChI=1S/C14H22N2O3S/c1-10-9-19-13(15-10)20-8-4-3-7-14(2,12(17)18)16-11-5-6-11/h9,11,16H,3-8H2,1-2H3,(H,17,18). The van der Waals surface area contributed by atoms with Crippen molar-refractivity contribution in [3.63, 3.8) is 0 Å². The van der Waals surface area contributed by atoms with Gasteiger partial charge in [0.1, 0.15) is 11.8 Å². The molecule has 0 spiro atoms. The maximum Gasteiger partial charge on any atom is 0.323 e. The molecule has 1 aromatic heterocycles. The van der Waals surface area contributed by atoms with E-state index in [-0.39, 0.29) is 0 Å². The highest BCUT2D eigenvalue weighted by Gasteiger charge is 2.37. The van der Waals surface area contributed by atoms with Crippen LogP contribution in [0.3, 0.4) is 0 Å². The minimum absolute atomic E-state index is 0.403. The highest BCUT2D eigenvalue weighted by Crippen LogP contribution is 2.26. The van der Waals surface area contributed by atoms with Crippen LogP contribution in [0.5, 0.6) is 0 Å². The lowest BCUT2D eigenvalue weighted by atomic mass is 9.95. The summed E-state index contributed by atoms with van der Waals surface area (Å²) >= 11 is 1.58. The number of aromatic nitrogens is 1. The number of carboxylic acid groups (broad SMARTS) is 1. The van der Waals surface area contributed by atoms with Crippen LogP contribution >= 0.6 is 11.8 Å². The third-order valence-electron chi connectivity index (χ3n) is 3.47. The molecular weight excluding hydrogens is 276 g/mol. The van der Waals surface area contributed by atoms with Crippen molar-refractivity contribution in [3.8, 4) is 0 Å². The van der Waals surface area contributed by atoms with E-state index in [1.54, 1.807) is 24.9 Å². The largest absolute Gasteiger partial charge is 0.480 e. The second-order valence-electron chi connectivity index (χ2n) is 5.62. The zero-order valence-electron chi connectivity index (χ0n) is 12.0. The fourth-order valence-electron chi connectivity index (χ4n) is 2.06. The third kappa shape index (κ3) is 4.52. The Kier molecular flexibility index (Phi) is 5.10. The van der Waals surface area contributed by atoms with Gasteiger partial charge in [0.05, 0.1) is 5.69 Å². The first-order valence-corrected chi connectivity index (χ1v) is 8.04. The number of carboxylic acids is 1. The average Bonchev–Trinajstić information content (AvgIpc) is 3.09. The number of carbonyl (C=O) groups is 1. The molecule has 1 heterocycles. The molecule has 0 aliphatic heterocycles. The molecule has 2 rings (SSSR count). The SMILES string of the molecule is Cc1coc(SCCCCC(C)(NC2CC2)C(=O)O)n1. The van der Waals surface area contributed by atoms with Gasteiger partial charge in [0.15, 0.2) is 0 Å². The summed E-state index contributed by atoms with van der Waals surface area (Å²) in [6, 6.07) is 0.403. The average molecular weight is 298 g/mol. The van der Waals surface area contributed by atoms with Crippen LogP contribution in [0.2, 0.25) is 0 Å². The van der Waals surface area contributed by atoms with Gasteiger partial charge in [-0.05, 0) is 39.5 Å². The van der Waals surface area contributed by atoms with Gasteiger partial charge in [-0.2, -0.15) is 0 Å². The van der Waals surface area contributed by atoms with Crippen LogP contribution in [0.1, 0.15) is 44.7 Å². The summed E-state index contributed by atoms with van der Waals surface area (Å²) < 4.78 is 5.26. The molecule has 0 amide bonds. The Morgan fingerprint density at radius 2 is 2.35 bits per heavy atom. The lowest BCUT2D eigenvalue weighted by molar-refractivity contribution is -0.144. The number of aliphatic carboxylic acids is 1. The Bertz CT molecular complexity index is 459. The van der Waals surface area contributed by atoms with Crippen molar-refractivity contribution in [3.05, 3.63) is 12.0 Å². The van der Waals surface area contributed by atoms with Crippen LogP contribution in [0.25, 0.3) is 0 Å². The highest BCUT2D eigenvalue weighted by atomic mass is 32.2. The molecule has 0 bridgehead atoms. The summed E-state index contributed by atoms with van der Waals surface area (Å²) in [5.41, 5.74) is 0.102. The van der Waals surface area contributed by atoms with Gasteiger partial charge >= 0.3 is 5.97 Å². The van der Waals surface area contributed by atoms with Crippen LogP contribution in [0.15, 0.2) is 15.9 Å². The number of hydrogen-bond acceptors (Lipinski definition) is 5. The molecule has 1 saturated carbocycles. The minimum Gasteiger partial charge on any atom is -0.480 e. The van der Waals surface area contributed by atoms with Crippen LogP contribution < -0.4 is 5.32 Å². The van der Waals surface area contributed by atoms with Gasteiger partial charge in [-0.15, -0.1) is 0 Å². The number of hydrogen-bond donors (Lipinski definition) is 2. The number of unbranched alkanes of at least 4 members (excludes halogenated alkanes) is 1. The van der Waals surface area contributed by atoms with E-state index >= 15 is 0 Å². The Hall–Kier alpha value is -1.01. The molecule has 0 saturated heterocycles. The number of oxazole rings is 1. The van der Waals surface area contributed by atoms with Gasteiger partial charge in [0, 0.05) is 11.8 Å². The van der Waals surface area contributed by atoms with E-state index in [2.05, 4.69) is 10.3 Å². The fourth-order valence-corrected chi connectivity index (χ4v) is 2.91. The molecule has 5 nitrogen and oxygen atoms in total. The first-order chi connectivity index (χ1) is 9.49. The van der Waals surface area contributed by atoms with E-state index in [9.17, 15) is 9.90 Å². The lowest BCUT2D eigenvalue weighted by Gasteiger charge is -2.26. The Morgan fingerprint density at radius 1 is 1.60 bits per heavy atom. The molecule has 1 atom stereocenters. The molecule has 0 aromatic carbocycles. The smallest absolute Gasteiger partial charge is 0.323 e. The summed E-state index contributed by atoms with van der Waals surface area (Å²) in [7, 11) is 0. The summed E-state index contributed by atoms with van der Waals surface area (Å²) in [4.78, 5) is 15.6. The predicted octanol–water partition coefficient (Wildman–Crippen LogP) is 2.84. The van der Waals surface area contributed by atoms with E-state index in [1.165, 1.54) is 0 Å². The summed E-state index contributed by atoms with van der Waals surface area (Å²) in [5.74, 6) is 0.152. The molecule has 1 aliphatic carbocycles. The van der Waals surface area contributed by atoms with Crippen molar-refractivity contribution in [2.45, 2.75) is 62.8 Å². The maximum atomic E-state index is 11.4. The molecule has 1 unspecified atom stereocenters. The lowest BCUT2D eigenvalue weighted by Crippen LogP contribution is -2.50. The van der Waals surface area contributed by atoms with Gasteiger partial charge < -0.3 is 9.52 Å². The molecule has 2 N–H and O–H groups in total. The normalized spacial score (nSPS) is 17.9. The van der Waals surface area contributed by atoms with Crippen molar-refractivity contribution in [2.24, 2.45) is 0 Å². The first kappa shape index (κ1) is 15.4. The van der Waals surface area contributed by atoms with Gasteiger partial charge in [-0.3, -0.25) is 10.1 Å². The zero-order chi connectivity index (χ0) is 14.6. The second-order valence-corrected chi connectivity index (χ2v) is 6.66. The van der Waals surface area contributed by atoms with E-state index in [1.807, 2.05) is 6.92 Å². The molecule has 112 valence electrons. The van der Waals surface area contributed by atoms with Gasteiger partial charge in [-0.1, -0.05) is 18.2 Å². The molecule has 1 fully saturated rings. The molecule has 1 aliphatic rings. The van der Waals surface area contributed by atoms with Gasteiger partial charge in [-0.25, -0.2) is 4.98 Å². The summed E-state index contributed by atoms with van der Waals surface area (Å²) in [6.07, 6.45) is 6.34. The highest BCUT2D eigenvalue weighted by molar-refractivity contribution is 7.99. The summed E-state index contributed by atoms with van der Waals surface area (Å²) in [5, 5.41) is 13.3. The quantitative estimate of drug-likeness (QED) is 0.539. The number of rotatable bonds is 9. The minimum atomic E-state index is -0.786. The topological polar surface area (TPSA) is 75.4 Å². The van der Waals surface area contributed by atoms with Crippen molar-refractivity contribution < 1.29 is 14.3 Å². The molecule has 0 radical (unpaired) electrons. The van der Waals surface area contributed by atoms with Crippen LogP contribution in [0, 0.1) is 6.92 Å². The maximum absolute atomic E-state index is 11.4. The van der Waals surface area contributed by atoms with E-state index in [0.717, 1.165) is 37.1 Å². The summed E-state index contributed by atoms with van der Waals surface area (Å²) in [6.45, 7) is 3.69. The third-order valence-corrected chi connectivity index (χ3v) is 4.39. The first-order valence-electron chi connectivity index (χ1n) is 7.05. The van der Waals surface area contributed by atoms with Crippen molar-refractivity contribution >= 4 is 17.7 Å². The number of thioether (sulfide) groups is 1. The Morgan fingerprint density at radius 3 is 2.90 bits per heavy atom. The monoisotopic (exact) mass is 298 g/mol. The van der Waals surface area contributed by atoms with E-state index < -0.39 is 11.5 Å². The van der Waals surface area contributed by atoms with E-state index in [0.29, 0.717) is 17.7 Å². The Balaban J connectivity index is 1.66. The number of aryl methyl sites for hydroxylation is 1. The fraction of sp³-hybridized carbons (Fsp3) is 0.714. The molecule has 1 aromatic rings. The molecule has 6 heteroatoms. The van der Waals surface area contributed by atoms with Crippen LogP contribution in [-0.2, 0) is 4.79 Å². The van der Waals surface area contributed by atoms with Gasteiger partial charge in [0.2, 0.25) is 0 Å². The Labute approximate surface area is 123 Å². The van der Waals surface area contributed by atoms with Crippen molar-refractivity contribution in [1.29, 1.82) is 0 Å². The van der Waals surface area contributed by atoms with Crippen LogP contribution in [0.4, 0.5) is 0 Å². The second kappa shape index (κ2) is 6.63. The van der Waals surface area contributed by atoms with Crippen LogP contribution in [-0.4, -0.2) is 33.4 Å². The van der Waals surface area contributed by atoms with Gasteiger partial charge in [0.25, 0.3) is 5.22 Å². The molecular formula is C14H22N2O3S. The number of nitrogens with one attached hydrogen (secondary N) is 1. The van der Waals surface area contributed by atoms with Crippen molar-refractivity contribution in [1.82, 2.24) is 10.3 Å². The zero-order valence-corrected chi connectivity index (χ0v) is 12.8. The number of nitrogens with zero attached hydrogens (tertiary/aromatic N) is 1. The van der Waals surface area contributed by atoms with Crippen molar-refractivity contribution in [2.75, 3.05) is 5.75 Å². The predicted molar refractivity (Wildman–Crippen MR) is 78.0 cm³/mol.